The van der Waals surface area contributed by atoms with Crippen molar-refractivity contribution in [2.45, 2.75) is 40.0 Å². The molecule has 1 aromatic heterocycles. The number of aryl methyl sites for hydroxylation is 2. The quantitative estimate of drug-likeness (QED) is 0.792. The molecule has 0 unspecified atom stereocenters. The number of benzene rings is 1. The third-order valence-corrected chi connectivity index (χ3v) is 5.00. The van der Waals surface area contributed by atoms with Crippen LogP contribution in [0.4, 0.5) is 0 Å². The van der Waals surface area contributed by atoms with Crippen LogP contribution in [0, 0.1) is 19.8 Å². The smallest absolute Gasteiger partial charge is 0.337 e. The molecule has 1 fully saturated rings. The molecule has 0 spiro atoms. The van der Waals surface area contributed by atoms with E-state index in [-0.39, 0.29) is 11.5 Å². The molecule has 1 aliphatic rings. The highest BCUT2D eigenvalue weighted by Gasteiger charge is 2.26. The van der Waals surface area contributed by atoms with Crippen LogP contribution in [0.25, 0.3) is 11.3 Å². The highest BCUT2D eigenvalue weighted by atomic mass is 16.4. The van der Waals surface area contributed by atoms with Gasteiger partial charge in [0.25, 0.3) is 5.91 Å². The molecule has 1 aromatic carbocycles. The number of nitrogens with zero attached hydrogens (tertiary/aromatic N) is 2. The highest BCUT2D eigenvalue weighted by Crippen LogP contribution is 2.30. The van der Waals surface area contributed by atoms with Crippen LogP contribution >= 0.6 is 0 Å². The molecule has 0 atom stereocenters. The maximum absolute atomic E-state index is 12.8. The zero-order valence-electron chi connectivity index (χ0n) is 16.2. The Bertz CT molecular complexity index is 831. The summed E-state index contributed by atoms with van der Waals surface area (Å²) in [6.45, 7) is 7.21. The molecule has 1 aliphatic carbocycles. The van der Waals surface area contributed by atoms with Crippen molar-refractivity contribution in [2.24, 2.45) is 5.92 Å². The van der Waals surface area contributed by atoms with E-state index in [4.69, 9.17) is 0 Å². The van der Waals surface area contributed by atoms with Gasteiger partial charge in [-0.15, -0.1) is 0 Å². The van der Waals surface area contributed by atoms with Gasteiger partial charge in [0.05, 0.1) is 17.0 Å². The second-order valence-corrected chi connectivity index (χ2v) is 7.36. The molecule has 1 heterocycles. The van der Waals surface area contributed by atoms with Crippen molar-refractivity contribution in [3.05, 3.63) is 52.7 Å². The second-order valence-electron chi connectivity index (χ2n) is 7.36. The first kappa shape index (κ1) is 19.1. The maximum Gasteiger partial charge on any atom is 0.337 e. The summed E-state index contributed by atoms with van der Waals surface area (Å²) >= 11 is 0. The van der Waals surface area contributed by atoms with Crippen LogP contribution in [0.5, 0.6) is 0 Å². The largest absolute Gasteiger partial charge is 0.478 e. The molecule has 5 nitrogen and oxygen atoms in total. The summed E-state index contributed by atoms with van der Waals surface area (Å²) in [5, 5.41) is 9.29. The number of hydrogen-bond donors (Lipinski definition) is 1. The Morgan fingerprint density at radius 2 is 1.85 bits per heavy atom. The predicted octanol–water partition coefficient (Wildman–Crippen LogP) is 4.33. The van der Waals surface area contributed by atoms with Gasteiger partial charge < -0.3 is 10.0 Å². The normalized spacial score (nSPS) is 13.4. The number of aromatic nitrogens is 1. The lowest BCUT2D eigenvalue weighted by Gasteiger charge is -2.22. The van der Waals surface area contributed by atoms with Gasteiger partial charge in [-0.3, -0.25) is 9.78 Å². The number of carboxylic acid groups (broad SMARTS) is 1. The predicted molar refractivity (Wildman–Crippen MR) is 105 cm³/mol. The van der Waals surface area contributed by atoms with Crippen LogP contribution in [0.15, 0.2) is 30.3 Å². The van der Waals surface area contributed by atoms with Crippen molar-refractivity contribution in [3.8, 4) is 11.3 Å². The summed E-state index contributed by atoms with van der Waals surface area (Å²) < 4.78 is 0. The van der Waals surface area contributed by atoms with Gasteiger partial charge in [-0.1, -0.05) is 19.1 Å². The molecule has 1 saturated carbocycles. The molecule has 2 aromatic rings. The molecular weight excluding hydrogens is 340 g/mol. The fourth-order valence-electron chi connectivity index (χ4n) is 3.43. The van der Waals surface area contributed by atoms with Gasteiger partial charge in [-0.2, -0.15) is 0 Å². The topological polar surface area (TPSA) is 70.5 Å². The molecule has 142 valence electrons. The highest BCUT2D eigenvalue weighted by molar-refractivity contribution is 5.95. The first-order valence-electron chi connectivity index (χ1n) is 9.52. The third-order valence-electron chi connectivity index (χ3n) is 5.00. The Hall–Kier alpha value is -2.69. The van der Waals surface area contributed by atoms with Crippen LogP contribution < -0.4 is 0 Å². The number of pyridine rings is 1. The minimum absolute atomic E-state index is 0.0804. The summed E-state index contributed by atoms with van der Waals surface area (Å²) in [7, 11) is 0. The summed E-state index contributed by atoms with van der Waals surface area (Å²) in [5.74, 6) is -0.212. The van der Waals surface area contributed by atoms with Gasteiger partial charge in [-0.05, 0) is 62.8 Å². The lowest BCUT2D eigenvalue weighted by molar-refractivity contribution is 0.0693. The first-order chi connectivity index (χ1) is 12.9. The molecule has 0 aliphatic heterocycles. The second kappa shape index (κ2) is 7.91. The standard InChI is InChI=1S/C22H26N2O3/c1-4-11-24(13-16-5-6-16)21(25)18-9-7-17(8-10-18)19-12-14(2)20(22(26)27)15(3)23-19/h7-10,12,16H,4-6,11,13H2,1-3H3,(H,26,27). The molecule has 0 bridgehead atoms. The monoisotopic (exact) mass is 366 g/mol. The van der Waals surface area contributed by atoms with E-state index in [1.165, 1.54) is 12.8 Å². The molecule has 0 saturated heterocycles. The Morgan fingerprint density at radius 1 is 1.19 bits per heavy atom. The summed E-state index contributed by atoms with van der Waals surface area (Å²) in [5.41, 5.74) is 3.71. The van der Waals surface area contributed by atoms with E-state index in [1.807, 2.05) is 29.2 Å². The minimum Gasteiger partial charge on any atom is -0.478 e. The Balaban J connectivity index is 1.82. The van der Waals surface area contributed by atoms with Gasteiger partial charge in [0, 0.05) is 24.2 Å². The van der Waals surface area contributed by atoms with Gasteiger partial charge in [0.15, 0.2) is 0 Å². The SMILES string of the molecule is CCCN(CC1CC1)C(=O)c1ccc(-c2cc(C)c(C(=O)O)c(C)n2)cc1. The van der Waals surface area contributed by atoms with E-state index < -0.39 is 5.97 Å². The fraction of sp³-hybridized carbons (Fsp3) is 0.409. The number of carbonyl (C=O) groups excluding carboxylic acids is 1. The van der Waals surface area contributed by atoms with Crippen molar-refractivity contribution in [1.29, 1.82) is 0 Å². The van der Waals surface area contributed by atoms with E-state index in [0.29, 0.717) is 22.7 Å². The summed E-state index contributed by atoms with van der Waals surface area (Å²) in [4.78, 5) is 30.5. The van der Waals surface area contributed by atoms with E-state index >= 15 is 0 Å². The lowest BCUT2D eigenvalue weighted by atomic mass is 10.0. The van der Waals surface area contributed by atoms with Gasteiger partial charge in [0.1, 0.15) is 0 Å². The first-order valence-corrected chi connectivity index (χ1v) is 9.52. The number of carbonyl (C=O) groups is 2. The molecule has 27 heavy (non-hydrogen) atoms. The molecule has 1 amide bonds. The van der Waals surface area contributed by atoms with Gasteiger partial charge >= 0.3 is 5.97 Å². The number of hydrogen-bond acceptors (Lipinski definition) is 3. The van der Waals surface area contributed by atoms with Crippen molar-refractivity contribution >= 4 is 11.9 Å². The van der Waals surface area contributed by atoms with Crippen LogP contribution in [0.3, 0.4) is 0 Å². The number of amides is 1. The third kappa shape index (κ3) is 4.35. The zero-order valence-corrected chi connectivity index (χ0v) is 16.2. The number of carboxylic acids is 1. The summed E-state index contributed by atoms with van der Waals surface area (Å²) in [6, 6.07) is 9.23. The number of aromatic carboxylic acids is 1. The van der Waals surface area contributed by atoms with Crippen molar-refractivity contribution in [3.63, 3.8) is 0 Å². The van der Waals surface area contributed by atoms with E-state index in [9.17, 15) is 14.7 Å². The Kier molecular flexibility index (Phi) is 5.59. The van der Waals surface area contributed by atoms with E-state index in [0.717, 1.165) is 30.8 Å². The van der Waals surface area contributed by atoms with Gasteiger partial charge in [0.2, 0.25) is 0 Å². The minimum atomic E-state index is -0.961. The van der Waals surface area contributed by atoms with Crippen LogP contribution in [-0.2, 0) is 0 Å². The van der Waals surface area contributed by atoms with E-state index in [1.54, 1.807) is 19.9 Å². The van der Waals surface area contributed by atoms with Crippen molar-refractivity contribution in [2.75, 3.05) is 13.1 Å². The molecule has 3 rings (SSSR count). The van der Waals surface area contributed by atoms with Crippen LogP contribution in [0.2, 0.25) is 0 Å². The van der Waals surface area contributed by atoms with Crippen molar-refractivity contribution in [1.82, 2.24) is 9.88 Å². The average Bonchev–Trinajstić information content (AvgIpc) is 3.44. The molecular formula is C22H26N2O3. The molecule has 5 heteroatoms. The molecule has 0 radical (unpaired) electrons. The van der Waals surface area contributed by atoms with Crippen LogP contribution in [-0.4, -0.2) is 40.0 Å². The Labute approximate surface area is 160 Å². The van der Waals surface area contributed by atoms with Gasteiger partial charge in [-0.25, -0.2) is 4.79 Å². The zero-order chi connectivity index (χ0) is 19.6. The Morgan fingerprint density at radius 3 is 2.37 bits per heavy atom. The number of rotatable bonds is 7. The van der Waals surface area contributed by atoms with Crippen LogP contribution in [0.1, 0.15) is 58.2 Å². The maximum atomic E-state index is 12.8. The summed E-state index contributed by atoms with van der Waals surface area (Å²) in [6.07, 6.45) is 3.40. The van der Waals surface area contributed by atoms with E-state index in [2.05, 4.69) is 11.9 Å². The lowest BCUT2D eigenvalue weighted by Crippen LogP contribution is -2.33. The average molecular weight is 366 g/mol. The molecule has 1 N–H and O–H groups in total. The fourth-order valence-corrected chi connectivity index (χ4v) is 3.43. The van der Waals surface area contributed by atoms with Crippen molar-refractivity contribution < 1.29 is 14.7 Å².